The molecule has 0 bridgehead atoms. The van der Waals surface area contributed by atoms with Crippen LogP contribution >= 0.6 is 27.3 Å². The molecule has 0 atom stereocenters. The maximum atomic E-state index is 12.5. The molecule has 12 heteroatoms. The van der Waals surface area contributed by atoms with Crippen molar-refractivity contribution in [3.63, 3.8) is 0 Å². The van der Waals surface area contributed by atoms with Crippen LogP contribution in [0.5, 0.6) is 0 Å². The molecule has 0 spiro atoms. The van der Waals surface area contributed by atoms with Crippen molar-refractivity contribution in [3.05, 3.63) is 27.5 Å². The van der Waals surface area contributed by atoms with Crippen LogP contribution in [0.15, 0.2) is 27.7 Å². The van der Waals surface area contributed by atoms with Crippen molar-refractivity contribution < 1.29 is 27.5 Å². The van der Waals surface area contributed by atoms with Crippen molar-refractivity contribution >= 4 is 65.1 Å². The topological polar surface area (TPSA) is 115 Å². The molecule has 0 radical (unpaired) electrons. The monoisotopic (exact) mass is 545 g/mol. The lowest BCUT2D eigenvalue weighted by Gasteiger charge is -2.19. The Kier molecular flexibility index (Phi) is 8.23. The van der Waals surface area contributed by atoms with Gasteiger partial charge in [0.05, 0.1) is 17.3 Å². The third kappa shape index (κ3) is 6.48. The van der Waals surface area contributed by atoms with Gasteiger partial charge in [0.15, 0.2) is 14.6 Å². The number of likely N-dealkylation sites (tertiary alicyclic amines) is 1. The lowest BCUT2D eigenvalue weighted by Crippen LogP contribution is -2.37. The molecule has 0 aliphatic carbocycles. The minimum absolute atomic E-state index is 0.176. The maximum Gasteiger partial charge on any atom is 0.325 e. The van der Waals surface area contributed by atoms with Crippen molar-refractivity contribution in [1.82, 2.24) is 9.47 Å². The van der Waals surface area contributed by atoms with Crippen LogP contribution in [0.2, 0.25) is 0 Å². The molecule has 1 aliphatic rings. The molecule has 3 rings (SSSR count). The van der Waals surface area contributed by atoms with E-state index in [0.29, 0.717) is 18.6 Å². The number of thiazole rings is 1. The lowest BCUT2D eigenvalue weighted by molar-refractivity contribution is -0.141. The second kappa shape index (κ2) is 10.7. The first-order chi connectivity index (χ1) is 15.2. The summed E-state index contributed by atoms with van der Waals surface area (Å²) >= 11 is 4.53. The van der Waals surface area contributed by atoms with Gasteiger partial charge >= 0.3 is 5.97 Å². The van der Waals surface area contributed by atoms with E-state index in [4.69, 9.17) is 4.74 Å². The van der Waals surface area contributed by atoms with Crippen LogP contribution < -0.4 is 4.80 Å². The fourth-order valence-electron chi connectivity index (χ4n) is 3.46. The summed E-state index contributed by atoms with van der Waals surface area (Å²) in [6, 6.07) is 5.36. The number of carbonyl (C=O) groups is 3. The van der Waals surface area contributed by atoms with Crippen LogP contribution in [0.25, 0.3) is 10.2 Å². The molecule has 1 saturated heterocycles. The molecule has 0 unspecified atom stereocenters. The van der Waals surface area contributed by atoms with E-state index in [2.05, 4.69) is 20.9 Å². The number of hydrogen-bond donors (Lipinski definition) is 0. The van der Waals surface area contributed by atoms with Gasteiger partial charge in [-0.2, -0.15) is 4.99 Å². The number of sulfone groups is 1. The summed E-state index contributed by atoms with van der Waals surface area (Å²) in [5.41, 5.74) is 0.661. The minimum Gasteiger partial charge on any atom is -0.468 e. The van der Waals surface area contributed by atoms with Gasteiger partial charge in [-0.1, -0.05) is 40.1 Å². The molecular formula is C20H24BrN3O6S2. The zero-order chi connectivity index (χ0) is 23.3. The van der Waals surface area contributed by atoms with Crippen LogP contribution in [0, 0.1) is 0 Å². The fraction of sp³-hybridized carbons (Fsp3) is 0.500. The van der Waals surface area contributed by atoms with E-state index in [9.17, 15) is 22.8 Å². The Hall–Kier alpha value is -2.05. The van der Waals surface area contributed by atoms with Gasteiger partial charge in [0.1, 0.15) is 18.1 Å². The van der Waals surface area contributed by atoms with E-state index < -0.39 is 39.1 Å². The Bertz CT molecular complexity index is 1190. The number of fused-ring (bicyclic) bond motifs is 1. The van der Waals surface area contributed by atoms with Crippen LogP contribution in [-0.4, -0.2) is 67.4 Å². The van der Waals surface area contributed by atoms with E-state index in [0.717, 1.165) is 46.2 Å². The molecule has 174 valence electrons. The average molecular weight is 546 g/mol. The number of esters is 1. The minimum atomic E-state index is -3.98. The maximum absolute atomic E-state index is 12.5. The second-order valence-corrected chi connectivity index (χ2v) is 11.5. The summed E-state index contributed by atoms with van der Waals surface area (Å²) in [6.45, 7) is 0.902. The molecule has 1 aromatic carbocycles. The number of nitrogens with zero attached hydrogens (tertiary/aromatic N) is 3. The van der Waals surface area contributed by atoms with Crippen LogP contribution in [0.1, 0.15) is 25.7 Å². The molecule has 0 saturated carbocycles. The number of methoxy groups -OCH3 is 1. The number of carbonyl (C=O) groups excluding carboxylic acids is 3. The van der Waals surface area contributed by atoms with Gasteiger partial charge in [-0.05, 0) is 31.0 Å². The molecule has 1 aromatic heterocycles. The highest BCUT2D eigenvalue weighted by Gasteiger charge is 2.25. The normalized spacial score (nSPS) is 15.6. The molecule has 2 aromatic rings. The van der Waals surface area contributed by atoms with Crippen molar-refractivity contribution in [2.75, 3.05) is 31.7 Å². The molecule has 1 fully saturated rings. The second-order valence-electron chi connectivity index (χ2n) is 7.49. The number of benzene rings is 1. The van der Waals surface area contributed by atoms with Crippen molar-refractivity contribution in [1.29, 1.82) is 0 Å². The van der Waals surface area contributed by atoms with Gasteiger partial charge in [0, 0.05) is 17.6 Å². The van der Waals surface area contributed by atoms with E-state index in [1.807, 2.05) is 6.07 Å². The highest BCUT2D eigenvalue weighted by atomic mass is 79.9. The zero-order valence-corrected chi connectivity index (χ0v) is 20.8. The smallest absolute Gasteiger partial charge is 0.325 e. The van der Waals surface area contributed by atoms with Gasteiger partial charge in [-0.3, -0.25) is 14.4 Å². The molecular weight excluding hydrogens is 522 g/mol. The number of rotatable bonds is 6. The summed E-state index contributed by atoms with van der Waals surface area (Å²) < 4.78 is 32.8. The van der Waals surface area contributed by atoms with E-state index in [1.165, 1.54) is 11.7 Å². The third-order valence-electron chi connectivity index (χ3n) is 5.03. The zero-order valence-electron chi connectivity index (χ0n) is 17.6. The quantitative estimate of drug-likeness (QED) is 0.512. The van der Waals surface area contributed by atoms with E-state index in [-0.39, 0.29) is 11.3 Å². The molecule has 9 nitrogen and oxygen atoms in total. The molecule has 1 aliphatic heterocycles. The van der Waals surface area contributed by atoms with Crippen LogP contribution in [0.3, 0.4) is 0 Å². The Labute approximate surface area is 198 Å². The van der Waals surface area contributed by atoms with Crippen molar-refractivity contribution in [3.8, 4) is 0 Å². The van der Waals surface area contributed by atoms with Gasteiger partial charge in [-0.25, -0.2) is 8.42 Å². The van der Waals surface area contributed by atoms with E-state index in [1.54, 1.807) is 17.0 Å². The number of halogens is 1. The first-order valence-corrected chi connectivity index (χ1v) is 13.5. The molecule has 0 N–H and O–H groups in total. The van der Waals surface area contributed by atoms with Crippen molar-refractivity contribution in [2.24, 2.45) is 4.99 Å². The predicted molar refractivity (Wildman–Crippen MR) is 124 cm³/mol. The lowest BCUT2D eigenvalue weighted by atomic mass is 10.2. The first-order valence-electron chi connectivity index (χ1n) is 10.1. The molecule has 2 amide bonds. The molecule has 2 heterocycles. The Morgan fingerprint density at radius 3 is 2.47 bits per heavy atom. The van der Waals surface area contributed by atoms with Gasteiger partial charge in [0.2, 0.25) is 5.91 Å². The number of aromatic nitrogens is 1. The SMILES string of the molecule is COC(=O)Cn1c(=NC(=O)CS(=O)(=O)CC(=O)N2CCCCCC2)sc2cc(Br)ccc21. The first kappa shape index (κ1) is 24.6. The number of amides is 2. The Balaban J connectivity index is 1.81. The van der Waals surface area contributed by atoms with Crippen LogP contribution in [-0.2, 0) is 35.5 Å². The number of ether oxygens (including phenoxy) is 1. The van der Waals surface area contributed by atoms with E-state index >= 15 is 0 Å². The van der Waals surface area contributed by atoms with Gasteiger partial charge < -0.3 is 14.2 Å². The Morgan fingerprint density at radius 1 is 1.12 bits per heavy atom. The molecule has 32 heavy (non-hydrogen) atoms. The van der Waals surface area contributed by atoms with Crippen LogP contribution in [0.4, 0.5) is 0 Å². The highest BCUT2D eigenvalue weighted by molar-refractivity contribution is 9.10. The Morgan fingerprint density at radius 2 is 1.81 bits per heavy atom. The fourth-order valence-corrected chi connectivity index (χ4v) is 6.16. The van der Waals surface area contributed by atoms with Crippen molar-refractivity contribution in [2.45, 2.75) is 32.2 Å². The summed E-state index contributed by atoms with van der Waals surface area (Å²) in [5, 5.41) is 0. The largest absolute Gasteiger partial charge is 0.468 e. The summed E-state index contributed by atoms with van der Waals surface area (Å²) in [4.78, 5) is 42.4. The standard InChI is InChI=1S/C20H24BrN3O6S2/c1-30-19(27)11-24-15-7-6-14(21)10-16(15)31-20(24)22-17(25)12-32(28,29)13-18(26)23-8-4-2-3-5-9-23/h6-7,10H,2-5,8-9,11-13H2,1H3. The highest BCUT2D eigenvalue weighted by Crippen LogP contribution is 2.22. The predicted octanol–water partition coefficient (Wildman–Crippen LogP) is 1.88. The average Bonchev–Trinajstić information content (AvgIpc) is 2.89. The van der Waals surface area contributed by atoms with Gasteiger partial charge in [0.25, 0.3) is 5.91 Å². The summed E-state index contributed by atoms with van der Waals surface area (Å²) in [7, 11) is -2.72. The summed E-state index contributed by atoms with van der Waals surface area (Å²) in [6.07, 6.45) is 3.74. The third-order valence-corrected chi connectivity index (χ3v) is 7.93. The number of hydrogen-bond acceptors (Lipinski definition) is 7. The van der Waals surface area contributed by atoms with Gasteiger partial charge in [-0.15, -0.1) is 0 Å². The summed E-state index contributed by atoms with van der Waals surface area (Å²) in [5.74, 6) is -3.49.